The highest BCUT2D eigenvalue weighted by Crippen LogP contribution is 2.20. The number of hydrogen-bond donors (Lipinski definition) is 0. The fourth-order valence-electron chi connectivity index (χ4n) is 1.30. The summed E-state index contributed by atoms with van der Waals surface area (Å²) in [6, 6.07) is 10.0. The first-order chi connectivity index (χ1) is 6.29. The highest BCUT2D eigenvalue weighted by atomic mass is 16.5. The van der Waals surface area contributed by atoms with Crippen molar-refractivity contribution in [2.75, 3.05) is 7.11 Å². The van der Waals surface area contributed by atoms with Crippen LogP contribution in [0, 0.1) is 11.3 Å². The highest BCUT2D eigenvalue weighted by Gasteiger charge is 2.07. The summed E-state index contributed by atoms with van der Waals surface area (Å²) in [6.07, 6.45) is 0.508. The van der Waals surface area contributed by atoms with Crippen LogP contribution in [0.15, 0.2) is 24.3 Å². The van der Waals surface area contributed by atoms with Crippen molar-refractivity contribution in [1.82, 2.24) is 0 Å². The molecule has 1 aromatic rings. The maximum Gasteiger partial charge on any atom is 0.0796 e. The molecule has 0 radical (unpaired) electrons. The Bertz CT molecular complexity index is 314. The molecular formula is C11H13NO. The zero-order chi connectivity index (χ0) is 9.68. The van der Waals surface area contributed by atoms with Gasteiger partial charge in [-0.25, -0.2) is 0 Å². The van der Waals surface area contributed by atoms with Crippen LogP contribution >= 0.6 is 0 Å². The van der Waals surface area contributed by atoms with Gasteiger partial charge < -0.3 is 4.74 Å². The number of ether oxygens (including phenoxy) is 1. The summed E-state index contributed by atoms with van der Waals surface area (Å²) in [4.78, 5) is 0. The number of nitrogens with zero attached hydrogens (tertiary/aromatic N) is 1. The Labute approximate surface area is 78.8 Å². The average molecular weight is 175 g/mol. The lowest BCUT2D eigenvalue weighted by molar-refractivity contribution is 0.119. The Morgan fingerprint density at radius 3 is 2.77 bits per heavy atom. The molecule has 1 aromatic carbocycles. The molecule has 0 N–H and O–H groups in total. The number of rotatable bonds is 3. The summed E-state index contributed by atoms with van der Waals surface area (Å²) >= 11 is 0. The minimum absolute atomic E-state index is 0.0598. The third-order valence-electron chi connectivity index (χ3n) is 2.12. The average Bonchev–Trinajstić information content (AvgIpc) is 2.18. The second-order valence-electron chi connectivity index (χ2n) is 2.91. The SMILES string of the molecule is COC(C)c1ccccc1CC#N. The van der Waals surface area contributed by atoms with Crippen molar-refractivity contribution in [2.24, 2.45) is 0 Å². The van der Waals surface area contributed by atoms with Crippen molar-refractivity contribution in [2.45, 2.75) is 19.4 Å². The van der Waals surface area contributed by atoms with Crippen LogP contribution in [0.4, 0.5) is 0 Å². The predicted molar refractivity (Wildman–Crippen MR) is 51.2 cm³/mol. The predicted octanol–water partition coefficient (Wildman–Crippen LogP) is 2.46. The third kappa shape index (κ3) is 2.30. The summed E-state index contributed by atoms with van der Waals surface area (Å²) in [5, 5.41) is 8.61. The van der Waals surface area contributed by atoms with Gasteiger partial charge in [-0.15, -0.1) is 0 Å². The second kappa shape index (κ2) is 4.64. The van der Waals surface area contributed by atoms with Crippen molar-refractivity contribution in [3.05, 3.63) is 35.4 Å². The molecule has 0 aliphatic heterocycles. The first-order valence-corrected chi connectivity index (χ1v) is 4.27. The molecule has 1 unspecified atom stereocenters. The van der Waals surface area contributed by atoms with E-state index < -0.39 is 0 Å². The molecule has 0 spiro atoms. The van der Waals surface area contributed by atoms with Gasteiger partial charge in [0.1, 0.15) is 0 Å². The molecule has 0 aliphatic rings. The molecule has 68 valence electrons. The lowest BCUT2D eigenvalue weighted by Crippen LogP contribution is -2.00. The minimum atomic E-state index is 0.0598. The van der Waals surface area contributed by atoms with Crippen molar-refractivity contribution in [3.63, 3.8) is 0 Å². The molecule has 0 fully saturated rings. The summed E-state index contributed by atoms with van der Waals surface area (Å²) in [7, 11) is 1.67. The smallest absolute Gasteiger partial charge is 0.0796 e. The van der Waals surface area contributed by atoms with Gasteiger partial charge in [-0.05, 0) is 18.1 Å². The molecule has 0 heterocycles. The zero-order valence-corrected chi connectivity index (χ0v) is 7.95. The van der Waals surface area contributed by atoms with E-state index in [0.29, 0.717) is 6.42 Å². The molecule has 0 amide bonds. The Morgan fingerprint density at radius 1 is 1.46 bits per heavy atom. The minimum Gasteiger partial charge on any atom is -0.377 e. The van der Waals surface area contributed by atoms with Crippen LogP contribution in [0.1, 0.15) is 24.2 Å². The Balaban J connectivity index is 2.98. The molecule has 0 saturated heterocycles. The Hall–Kier alpha value is -1.33. The molecule has 2 nitrogen and oxygen atoms in total. The van der Waals surface area contributed by atoms with Gasteiger partial charge in [0.25, 0.3) is 0 Å². The van der Waals surface area contributed by atoms with Crippen LogP contribution in [0.25, 0.3) is 0 Å². The van der Waals surface area contributed by atoms with Crippen molar-refractivity contribution < 1.29 is 4.74 Å². The number of benzene rings is 1. The number of nitriles is 1. The lowest BCUT2D eigenvalue weighted by Gasteiger charge is -2.12. The fraction of sp³-hybridized carbons (Fsp3) is 0.364. The molecule has 13 heavy (non-hydrogen) atoms. The maximum atomic E-state index is 8.61. The zero-order valence-electron chi connectivity index (χ0n) is 7.95. The van der Waals surface area contributed by atoms with E-state index in [4.69, 9.17) is 10.00 Å². The van der Waals surface area contributed by atoms with Crippen LogP contribution in [0.5, 0.6) is 0 Å². The van der Waals surface area contributed by atoms with Crippen LogP contribution < -0.4 is 0 Å². The van der Waals surface area contributed by atoms with Crippen LogP contribution in [-0.2, 0) is 11.2 Å². The Kier molecular flexibility index (Phi) is 3.48. The van der Waals surface area contributed by atoms with Crippen molar-refractivity contribution in [1.29, 1.82) is 5.26 Å². The monoisotopic (exact) mass is 175 g/mol. The van der Waals surface area contributed by atoms with Crippen molar-refractivity contribution >= 4 is 0 Å². The molecule has 0 aliphatic carbocycles. The van der Waals surface area contributed by atoms with Crippen LogP contribution in [0.3, 0.4) is 0 Å². The van der Waals surface area contributed by atoms with Crippen LogP contribution in [-0.4, -0.2) is 7.11 Å². The second-order valence-corrected chi connectivity index (χ2v) is 2.91. The molecule has 2 heteroatoms. The van der Waals surface area contributed by atoms with E-state index in [1.165, 1.54) is 0 Å². The lowest BCUT2D eigenvalue weighted by atomic mass is 10.0. The quantitative estimate of drug-likeness (QED) is 0.707. The fourth-order valence-corrected chi connectivity index (χ4v) is 1.30. The van der Waals surface area contributed by atoms with E-state index in [9.17, 15) is 0 Å². The third-order valence-corrected chi connectivity index (χ3v) is 2.12. The van der Waals surface area contributed by atoms with Gasteiger partial charge in [0.05, 0.1) is 18.6 Å². The molecule has 0 bridgehead atoms. The Morgan fingerprint density at radius 2 is 2.15 bits per heavy atom. The molecule has 1 atom stereocenters. The summed E-state index contributed by atoms with van der Waals surface area (Å²) in [6.45, 7) is 1.98. The molecule has 0 saturated carbocycles. The molecule has 0 aromatic heterocycles. The van der Waals surface area contributed by atoms with E-state index in [0.717, 1.165) is 11.1 Å². The normalized spacial score (nSPS) is 12.1. The van der Waals surface area contributed by atoms with Gasteiger partial charge in [-0.1, -0.05) is 24.3 Å². The summed E-state index contributed by atoms with van der Waals surface area (Å²) < 4.78 is 5.21. The van der Waals surface area contributed by atoms with E-state index in [-0.39, 0.29) is 6.10 Å². The maximum absolute atomic E-state index is 8.61. The largest absolute Gasteiger partial charge is 0.377 e. The number of hydrogen-bond acceptors (Lipinski definition) is 2. The molecule has 1 rings (SSSR count). The van der Waals surface area contributed by atoms with Gasteiger partial charge in [-0.2, -0.15) is 5.26 Å². The summed E-state index contributed by atoms with van der Waals surface area (Å²) in [5.74, 6) is 0. The van der Waals surface area contributed by atoms with E-state index in [2.05, 4.69) is 6.07 Å². The van der Waals surface area contributed by atoms with E-state index in [1.807, 2.05) is 31.2 Å². The topological polar surface area (TPSA) is 33.0 Å². The van der Waals surface area contributed by atoms with Gasteiger partial charge in [-0.3, -0.25) is 0 Å². The van der Waals surface area contributed by atoms with Gasteiger partial charge in [0, 0.05) is 7.11 Å². The first-order valence-electron chi connectivity index (χ1n) is 4.27. The van der Waals surface area contributed by atoms with Crippen molar-refractivity contribution in [3.8, 4) is 6.07 Å². The highest BCUT2D eigenvalue weighted by molar-refractivity contribution is 5.30. The van der Waals surface area contributed by atoms with Crippen LogP contribution in [0.2, 0.25) is 0 Å². The van der Waals surface area contributed by atoms with Gasteiger partial charge in [0.2, 0.25) is 0 Å². The van der Waals surface area contributed by atoms with E-state index >= 15 is 0 Å². The summed E-state index contributed by atoms with van der Waals surface area (Å²) in [5.41, 5.74) is 2.16. The number of methoxy groups -OCH3 is 1. The van der Waals surface area contributed by atoms with E-state index in [1.54, 1.807) is 7.11 Å². The van der Waals surface area contributed by atoms with Gasteiger partial charge >= 0.3 is 0 Å². The standard InChI is InChI=1S/C11H13NO/c1-9(13-2)11-6-4-3-5-10(11)7-8-12/h3-6,9H,7H2,1-2H3. The molecular weight excluding hydrogens is 162 g/mol. The van der Waals surface area contributed by atoms with Gasteiger partial charge in [0.15, 0.2) is 0 Å². The first kappa shape index (κ1) is 9.76.